The van der Waals surface area contributed by atoms with Gasteiger partial charge in [-0.3, -0.25) is 9.69 Å². The summed E-state index contributed by atoms with van der Waals surface area (Å²) in [7, 11) is 4.09. The summed E-state index contributed by atoms with van der Waals surface area (Å²) in [6.07, 6.45) is 0.987. The molecule has 0 spiro atoms. The van der Waals surface area contributed by atoms with Crippen LogP contribution < -0.4 is 10.2 Å². The molecule has 1 aliphatic rings. The van der Waals surface area contributed by atoms with Gasteiger partial charge in [0.1, 0.15) is 0 Å². The molecule has 6 heteroatoms. The van der Waals surface area contributed by atoms with Gasteiger partial charge in [0, 0.05) is 43.4 Å². The van der Waals surface area contributed by atoms with Gasteiger partial charge in [-0.1, -0.05) is 17.7 Å². The van der Waals surface area contributed by atoms with Crippen LogP contribution in [0, 0.1) is 0 Å². The monoisotopic (exact) mass is 338 g/mol. The average molecular weight is 339 g/mol. The van der Waals surface area contributed by atoms with Crippen LogP contribution >= 0.6 is 11.6 Å². The van der Waals surface area contributed by atoms with Gasteiger partial charge in [-0.05, 0) is 45.3 Å². The summed E-state index contributed by atoms with van der Waals surface area (Å²) in [6.45, 7) is 5.89. The normalized spacial score (nSPS) is 15.9. The van der Waals surface area contributed by atoms with E-state index < -0.39 is 0 Å². The van der Waals surface area contributed by atoms with E-state index in [4.69, 9.17) is 11.6 Å². The van der Waals surface area contributed by atoms with Gasteiger partial charge in [-0.25, -0.2) is 0 Å². The van der Waals surface area contributed by atoms with Crippen LogP contribution in [0.15, 0.2) is 24.3 Å². The lowest BCUT2D eigenvalue weighted by Gasteiger charge is -2.35. The fourth-order valence-corrected chi connectivity index (χ4v) is 2.90. The minimum Gasteiger partial charge on any atom is -0.369 e. The highest BCUT2D eigenvalue weighted by atomic mass is 35.5. The van der Waals surface area contributed by atoms with Crippen molar-refractivity contribution < 1.29 is 4.79 Å². The minimum absolute atomic E-state index is 0.125. The summed E-state index contributed by atoms with van der Waals surface area (Å²) >= 11 is 6.05. The number of rotatable bonds is 7. The maximum absolute atomic E-state index is 12.0. The Bertz CT molecular complexity index is 501. The quantitative estimate of drug-likeness (QED) is 0.765. The summed E-state index contributed by atoms with van der Waals surface area (Å²) in [5.41, 5.74) is 1.16. The van der Waals surface area contributed by atoms with Gasteiger partial charge in [-0.15, -0.1) is 0 Å². The summed E-state index contributed by atoms with van der Waals surface area (Å²) in [5, 5.41) is 3.76. The summed E-state index contributed by atoms with van der Waals surface area (Å²) in [4.78, 5) is 18.6. The second-order valence-electron chi connectivity index (χ2n) is 6.25. The van der Waals surface area contributed by atoms with Gasteiger partial charge in [0.2, 0.25) is 5.91 Å². The van der Waals surface area contributed by atoms with Gasteiger partial charge in [0.15, 0.2) is 0 Å². The van der Waals surface area contributed by atoms with Gasteiger partial charge in [0.25, 0.3) is 0 Å². The molecule has 0 atom stereocenters. The predicted molar refractivity (Wildman–Crippen MR) is 96.3 cm³/mol. The van der Waals surface area contributed by atoms with Crippen LogP contribution in [0.5, 0.6) is 0 Å². The van der Waals surface area contributed by atoms with Crippen molar-refractivity contribution in [1.29, 1.82) is 0 Å². The molecule has 23 heavy (non-hydrogen) atoms. The molecule has 1 saturated heterocycles. The van der Waals surface area contributed by atoms with Crippen molar-refractivity contribution in [2.75, 3.05) is 64.8 Å². The topological polar surface area (TPSA) is 38.8 Å². The lowest BCUT2D eigenvalue weighted by atomic mass is 10.2. The minimum atomic E-state index is 0.125. The predicted octanol–water partition coefficient (Wildman–Crippen LogP) is 1.53. The van der Waals surface area contributed by atoms with Crippen LogP contribution in [0.3, 0.4) is 0 Å². The molecule has 1 fully saturated rings. The zero-order valence-corrected chi connectivity index (χ0v) is 14.9. The van der Waals surface area contributed by atoms with Crippen LogP contribution in [0.4, 0.5) is 5.69 Å². The molecule has 0 saturated carbocycles. The van der Waals surface area contributed by atoms with Gasteiger partial charge >= 0.3 is 0 Å². The van der Waals surface area contributed by atoms with Crippen molar-refractivity contribution in [1.82, 2.24) is 15.1 Å². The number of carbonyl (C=O) groups excluding carboxylic acids is 1. The molecule has 1 heterocycles. The Labute approximate surface area is 144 Å². The van der Waals surface area contributed by atoms with Crippen molar-refractivity contribution >= 4 is 23.2 Å². The number of hydrogen-bond acceptors (Lipinski definition) is 4. The van der Waals surface area contributed by atoms with Crippen LogP contribution in [0.2, 0.25) is 5.02 Å². The Balaban J connectivity index is 1.67. The molecule has 0 radical (unpaired) electrons. The first-order valence-electron chi connectivity index (χ1n) is 8.19. The summed E-state index contributed by atoms with van der Waals surface area (Å²) in [5.74, 6) is 0.125. The zero-order chi connectivity index (χ0) is 16.7. The summed E-state index contributed by atoms with van der Waals surface area (Å²) in [6, 6.07) is 7.95. The Morgan fingerprint density at radius 3 is 2.65 bits per heavy atom. The van der Waals surface area contributed by atoms with E-state index in [1.807, 2.05) is 32.3 Å². The Morgan fingerprint density at radius 2 is 2.00 bits per heavy atom. The van der Waals surface area contributed by atoms with E-state index >= 15 is 0 Å². The number of carbonyl (C=O) groups is 1. The molecule has 0 aromatic heterocycles. The van der Waals surface area contributed by atoms with Crippen LogP contribution in [-0.4, -0.2) is 75.6 Å². The first-order chi connectivity index (χ1) is 11.0. The third kappa shape index (κ3) is 6.37. The summed E-state index contributed by atoms with van der Waals surface area (Å²) < 4.78 is 0. The number of amides is 1. The fraction of sp³-hybridized carbons (Fsp3) is 0.588. The second kappa shape index (κ2) is 9.11. The molecule has 128 valence electrons. The van der Waals surface area contributed by atoms with E-state index in [1.54, 1.807) is 0 Å². The van der Waals surface area contributed by atoms with Crippen LogP contribution in [0.1, 0.15) is 6.42 Å². The standard InChI is InChI=1S/C17H27ClN4O/c1-20(2)8-4-7-19-17(23)14-21-9-11-22(12-10-21)16-6-3-5-15(18)13-16/h3,5-6,13H,4,7-12,14H2,1-2H3,(H,19,23). The van der Waals surface area contributed by atoms with E-state index in [2.05, 4.69) is 26.1 Å². The van der Waals surface area contributed by atoms with Crippen molar-refractivity contribution in [3.8, 4) is 0 Å². The maximum Gasteiger partial charge on any atom is 0.234 e. The fourth-order valence-electron chi connectivity index (χ4n) is 2.72. The first kappa shape index (κ1) is 18.0. The number of halogens is 1. The molecule has 0 bridgehead atoms. The third-order valence-corrected chi connectivity index (χ3v) is 4.25. The highest BCUT2D eigenvalue weighted by molar-refractivity contribution is 6.30. The molecule has 1 N–H and O–H groups in total. The number of benzene rings is 1. The largest absolute Gasteiger partial charge is 0.369 e. The van der Waals surface area contributed by atoms with Gasteiger partial charge in [-0.2, -0.15) is 0 Å². The molecule has 0 aliphatic carbocycles. The van der Waals surface area contributed by atoms with Gasteiger partial charge in [0.05, 0.1) is 6.54 Å². The van der Waals surface area contributed by atoms with Crippen molar-refractivity contribution in [2.24, 2.45) is 0 Å². The molecule has 2 rings (SSSR count). The SMILES string of the molecule is CN(C)CCCNC(=O)CN1CCN(c2cccc(Cl)c2)CC1. The smallest absolute Gasteiger partial charge is 0.234 e. The molecule has 0 unspecified atom stereocenters. The highest BCUT2D eigenvalue weighted by Gasteiger charge is 2.19. The Kier molecular flexibility index (Phi) is 7.15. The van der Waals surface area contributed by atoms with E-state index in [0.717, 1.165) is 56.4 Å². The van der Waals surface area contributed by atoms with Crippen molar-refractivity contribution in [3.63, 3.8) is 0 Å². The first-order valence-corrected chi connectivity index (χ1v) is 8.56. The lowest BCUT2D eigenvalue weighted by molar-refractivity contribution is -0.122. The molecule has 1 amide bonds. The number of nitrogens with one attached hydrogen (secondary N) is 1. The lowest BCUT2D eigenvalue weighted by Crippen LogP contribution is -2.49. The number of nitrogens with zero attached hydrogens (tertiary/aromatic N) is 3. The van der Waals surface area contributed by atoms with E-state index in [9.17, 15) is 4.79 Å². The second-order valence-corrected chi connectivity index (χ2v) is 6.69. The third-order valence-electron chi connectivity index (χ3n) is 4.02. The average Bonchev–Trinajstić information content (AvgIpc) is 2.52. The molecule has 1 aliphatic heterocycles. The van der Waals surface area contributed by atoms with E-state index in [0.29, 0.717) is 6.54 Å². The van der Waals surface area contributed by atoms with Gasteiger partial charge < -0.3 is 15.1 Å². The number of piperazine rings is 1. The van der Waals surface area contributed by atoms with E-state index in [-0.39, 0.29) is 5.91 Å². The van der Waals surface area contributed by atoms with Crippen LogP contribution in [0.25, 0.3) is 0 Å². The Morgan fingerprint density at radius 1 is 1.26 bits per heavy atom. The van der Waals surface area contributed by atoms with Crippen molar-refractivity contribution in [2.45, 2.75) is 6.42 Å². The molecule has 1 aromatic rings. The van der Waals surface area contributed by atoms with Crippen LogP contribution in [-0.2, 0) is 4.79 Å². The van der Waals surface area contributed by atoms with Crippen molar-refractivity contribution in [3.05, 3.63) is 29.3 Å². The highest BCUT2D eigenvalue weighted by Crippen LogP contribution is 2.20. The zero-order valence-electron chi connectivity index (χ0n) is 14.1. The molecule has 5 nitrogen and oxygen atoms in total. The maximum atomic E-state index is 12.0. The Hall–Kier alpha value is -1.30. The number of hydrogen-bond donors (Lipinski definition) is 1. The molecular formula is C17H27ClN4O. The molecule has 1 aromatic carbocycles. The number of anilines is 1. The molecular weight excluding hydrogens is 312 g/mol. The van der Waals surface area contributed by atoms with E-state index in [1.165, 1.54) is 0 Å².